The molecule has 0 saturated carbocycles. The van der Waals surface area contributed by atoms with Crippen LogP contribution in [0.5, 0.6) is 5.75 Å². The Bertz CT molecular complexity index is 1060. The van der Waals surface area contributed by atoms with Crippen molar-refractivity contribution in [2.24, 2.45) is 0 Å². The molecule has 0 fully saturated rings. The number of carbonyl (C=O) groups is 1. The van der Waals surface area contributed by atoms with Crippen LogP contribution in [-0.2, 0) is 11.3 Å². The van der Waals surface area contributed by atoms with Gasteiger partial charge in [0.05, 0.1) is 13.2 Å². The lowest BCUT2D eigenvalue weighted by atomic mass is 10.1. The Morgan fingerprint density at radius 3 is 2.67 bits per heavy atom. The number of nitrogens with one attached hydrogen (secondary N) is 2. The molecule has 30 heavy (non-hydrogen) atoms. The molecule has 7 nitrogen and oxygen atoms in total. The average molecular weight is 430 g/mol. The maximum absolute atomic E-state index is 13.6. The first-order valence-electron chi connectivity index (χ1n) is 9.37. The van der Waals surface area contributed by atoms with E-state index < -0.39 is 0 Å². The van der Waals surface area contributed by atoms with E-state index in [1.54, 1.807) is 17.7 Å². The molecule has 158 valence electrons. The van der Waals surface area contributed by atoms with Crippen molar-refractivity contribution in [2.45, 2.75) is 12.6 Å². The summed E-state index contributed by atoms with van der Waals surface area (Å²) in [6.07, 6.45) is 0. The maximum atomic E-state index is 13.6. The zero-order valence-corrected chi connectivity index (χ0v) is 17.9. The van der Waals surface area contributed by atoms with Gasteiger partial charge in [-0.1, -0.05) is 12.1 Å². The summed E-state index contributed by atoms with van der Waals surface area (Å²) in [6.45, 7) is 0.346. The van der Waals surface area contributed by atoms with Crippen molar-refractivity contribution >= 4 is 18.1 Å². The molecule has 0 aliphatic carbocycles. The van der Waals surface area contributed by atoms with Crippen LogP contribution >= 0.6 is 12.2 Å². The van der Waals surface area contributed by atoms with Crippen LogP contribution in [0.2, 0.25) is 0 Å². The number of benzene rings is 2. The number of halogens is 1. The summed E-state index contributed by atoms with van der Waals surface area (Å²) in [4.78, 5) is 14.6. The fourth-order valence-corrected chi connectivity index (χ4v) is 3.34. The molecular formula is C21H24FN5O2S. The highest BCUT2D eigenvalue weighted by Crippen LogP contribution is 2.21. The topological polar surface area (TPSA) is 75.2 Å². The van der Waals surface area contributed by atoms with Gasteiger partial charge in [-0.3, -0.25) is 14.5 Å². The molecule has 2 aromatic carbocycles. The van der Waals surface area contributed by atoms with Crippen LogP contribution in [0.4, 0.5) is 4.39 Å². The third-order valence-corrected chi connectivity index (χ3v) is 5.07. The second kappa shape index (κ2) is 9.64. The van der Waals surface area contributed by atoms with Crippen LogP contribution in [0.3, 0.4) is 0 Å². The number of carbonyl (C=O) groups excluding carboxylic acids is 1. The summed E-state index contributed by atoms with van der Waals surface area (Å²) >= 11 is 5.30. The summed E-state index contributed by atoms with van der Waals surface area (Å²) in [5.41, 5.74) is 1.60. The van der Waals surface area contributed by atoms with Crippen molar-refractivity contribution in [2.75, 3.05) is 27.7 Å². The quantitative estimate of drug-likeness (QED) is 0.538. The van der Waals surface area contributed by atoms with E-state index in [4.69, 9.17) is 17.0 Å². The van der Waals surface area contributed by atoms with Crippen molar-refractivity contribution in [3.8, 4) is 17.1 Å². The Labute approximate surface area is 179 Å². The molecule has 0 spiro atoms. The first kappa shape index (κ1) is 21.7. The number of aromatic nitrogens is 3. The van der Waals surface area contributed by atoms with E-state index in [0.717, 1.165) is 16.9 Å². The molecule has 3 aromatic rings. The number of hydrogen-bond acceptors (Lipinski definition) is 5. The molecule has 9 heteroatoms. The van der Waals surface area contributed by atoms with Crippen molar-refractivity contribution in [3.05, 3.63) is 64.7 Å². The molecule has 0 aliphatic rings. The highest BCUT2D eigenvalue weighted by atomic mass is 32.1. The average Bonchev–Trinajstić information content (AvgIpc) is 3.08. The van der Waals surface area contributed by atoms with Gasteiger partial charge in [-0.15, -0.1) is 0 Å². The molecule has 1 unspecified atom stereocenters. The highest BCUT2D eigenvalue weighted by molar-refractivity contribution is 7.71. The zero-order valence-electron chi connectivity index (χ0n) is 17.1. The fraction of sp³-hybridized carbons (Fsp3) is 0.286. The Kier molecular flexibility index (Phi) is 6.96. The number of rotatable bonds is 8. The number of nitrogens with zero attached hydrogens (tertiary/aromatic N) is 3. The minimum absolute atomic E-state index is 0.0139. The van der Waals surface area contributed by atoms with Gasteiger partial charge in [0.15, 0.2) is 10.6 Å². The van der Waals surface area contributed by atoms with Gasteiger partial charge in [0.25, 0.3) is 0 Å². The molecule has 1 heterocycles. The van der Waals surface area contributed by atoms with Crippen molar-refractivity contribution in [1.29, 1.82) is 0 Å². The zero-order chi connectivity index (χ0) is 21.7. The van der Waals surface area contributed by atoms with Crippen LogP contribution in [0, 0.1) is 10.6 Å². The van der Waals surface area contributed by atoms with Crippen LogP contribution in [0.15, 0.2) is 48.5 Å². The van der Waals surface area contributed by atoms with Gasteiger partial charge in [-0.2, -0.15) is 5.10 Å². The van der Waals surface area contributed by atoms with E-state index in [2.05, 4.69) is 15.5 Å². The fourth-order valence-electron chi connectivity index (χ4n) is 3.15. The predicted molar refractivity (Wildman–Crippen MR) is 115 cm³/mol. The van der Waals surface area contributed by atoms with E-state index in [1.807, 2.05) is 49.3 Å². The van der Waals surface area contributed by atoms with E-state index in [9.17, 15) is 9.18 Å². The van der Waals surface area contributed by atoms with E-state index in [0.29, 0.717) is 17.1 Å². The third-order valence-electron chi connectivity index (χ3n) is 4.76. The summed E-state index contributed by atoms with van der Waals surface area (Å²) < 4.78 is 20.8. The van der Waals surface area contributed by atoms with E-state index >= 15 is 0 Å². The SMILES string of the molecule is COc1ccc(-c2n[nH]c(=S)n2CC(=O)NCC(c2cccc(F)c2)N(C)C)cc1. The molecule has 1 atom stereocenters. The number of amides is 1. The molecular weight excluding hydrogens is 405 g/mol. The number of aromatic amines is 1. The highest BCUT2D eigenvalue weighted by Gasteiger charge is 2.17. The lowest BCUT2D eigenvalue weighted by molar-refractivity contribution is -0.121. The largest absolute Gasteiger partial charge is 0.497 e. The monoisotopic (exact) mass is 429 g/mol. The van der Waals surface area contributed by atoms with Gasteiger partial charge < -0.3 is 15.0 Å². The standard InChI is InChI=1S/C21H24FN5O2S/c1-26(2)18(15-5-4-6-16(22)11-15)12-23-19(28)13-27-20(24-25-21(27)30)14-7-9-17(29-3)10-8-14/h4-11,18H,12-13H2,1-3H3,(H,23,28)(H,25,30). The van der Waals surface area contributed by atoms with Crippen molar-refractivity contribution in [3.63, 3.8) is 0 Å². The summed E-state index contributed by atoms with van der Waals surface area (Å²) in [6, 6.07) is 13.6. The van der Waals surface area contributed by atoms with E-state index in [1.165, 1.54) is 12.1 Å². The molecule has 1 aromatic heterocycles. The third kappa shape index (κ3) is 5.11. The second-order valence-corrected chi connectivity index (χ2v) is 7.39. The van der Waals surface area contributed by atoms with Gasteiger partial charge in [-0.25, -0.2) is 4.39 Å². The van der Waals surface area contributed by atoms with Crippen LogP contribution < -0.4 is 10.1 Å². The smallest absolute Gasteiger partial charge is 0.240 e. The Morgan fingerprint density at radius 2 is 2.03 bits per heavy atom. The van der Waals surface area contributed by atoms with Crippen molar-refractivity contribution < 1.29 is 13.9 Å². The molecule has 0 saturated heterocycles. The number of methoxy groups -OCH3 is 1. The first-order chi connectivity index (χ1) is 14.4. The lowest BCUT2D eigenvalue weighted by Crippen LogP contribution is -2.36. The number of likely N-dealkylation sites (N-methyl/N-ethyl adjacent to an activating group) is 1. The van der Waals surface area contributed by atoms with Crippen LogP contribution in [0.1, 0.15) is 11.6 Å². The van der Waals surface area contributed by atoms with Crippen molar-refractivity contribution in [1.82, 2.24) is 25.0 Å². The van der Waals surface area contributed by atoms with Crippen LogP contribution in [-0.4, -0.2) is 53.3 Å². The first-order valence-corrected chi connectivity index (χ1v) is 9.78. The molecule has 3 rings (SSSR count). The van der Waals surface area contributed by atoms with Gasteiger partial charge in [0, 0.05) is 12.1 Å². The molecule has 0 bridgehead atoms. The molecule has 0 aliphatic heterocycles. The van der Waals surface area contributed by atoms with Gasteiger partial charge in [-0.05, 0) is 68.3 Å². The predicted octanol–water partition coefficient (Wildman–Crippen LogP) is 3.17. The summed E-state index contributed by atoms with van der Waals surface area (Å²) in [7, 11) is 5.37. The van der Waals surface area contributed by atoms with Gasteiger partial charge >= 0.3 is 0 Å². The van der Waals surface area contributed by atoms with E-state index in [-0.39, 0.29) is 24.3 Å². The second-order valence-electron chi connectivity index (χ2n) is 7.01. The minimum Gasteiger partial charge on any atom is -0.497 e. The Morgan fingerprint density at radius 1 is 1.30 bits per heavy atom. The number of hydrogen-bond donors (Lipinski definition) is 2. The lowest BCUT2D eigenvalue weighted by Gasteiger charge is -2.25. The van der Waals surface area contributed by atoms with Gasteiger partial charge in [0.2, 0.25) is 5.91 Å². The van der Waals surface area contributed by atoms with Crippen LogP contribution in [0.25, 0.3) is 11.4 Å². The maximum Gasteiger partial charge on any atom is 0.240 e. The Hall–Kier alpha value is -3.04. The normalized spacial score (nSPS) is 12.0. The molecule has 1 amide bonds. The molecule has 0 radical (unpaired) electrons. The summed E-state index contributed by atoms with van der Waals surface area (Å²) in [5.74, 6) is 0.765. The summed E-state index contributed by atoms with van der Waals surface area (Å²) in [5, 5.41) is 9.90. The Balaban J connectivity index is 1.71. The molecule has 2 N–H and O–H groups in total. The number of ether oxygens (including phenoxy) is 1. The number of H-pyrrole nitrogens is 1. The van der Waals surface area contributed by atoms with Gasteiger partial charge in [0.1, 0.15) is 18.1 Å². The minimum atomic E-state index is -0.306.